The van der Waals surface area contributed by atoms with Gasteiger partial charge in [-0.05, 0) is 61.6 Å². The maximum atomic E-state index is 13.9. The Bertz CT molecular complexity index is 1460. The first-order valence-electron chi connectivity index (χ1n) is 13.0. The molecule has 7 heteroatoms. The predicted octanol–water partition coefficient (Wildman–Crippen LogP) is 4.36. The van der Waals surface area contributed by atoms with Crippen LogP contribution < -0.4 is 9.64 Å². The average molecular weight is 512 g/mol. The van der Waals surface area contributed by atoms with Crippen molar-refractivity contribution < 1.29 is 29.0 Å². The number of aromatic hydroxyl groups is 1. The van der Waals surface area contributed by atoms with Gasteiger partial charge in [-0.1, -0.05) is 42.8 Å². The first-order chi connectivity index (χ1) is 18.2. The van der Waals surface area contributed by atoms with Gasteiger partial charge in [0.1, 0.15) is 11.5 Å². The highest BCUT2D eigenvalue weighted by molar-refractivity contribution is 6.22. The number of phenols is 1. The van der Waals surface area contributed by atoms with Gasteiger partial charge in [-0.3, -0.25) is 24.1 Å². The topological polar surface area (TPSA) is 101 Å². The summed E-state index contributed by atoms with van der Waals surface area (Å²) in [5.41, 5.74) is 0.979. The summed E-state index contributed by atoms with van der Waals surface area (Å²) in [5.74, 6) is -3.50. The molecular weight excluding hydrogens is 482 g/mol. The van der Waals surface area contributed by atoms with Gasteiger partial charge in [0, 0.05) is 17.4 Å². The van der Waals surface area contributed by atoms with E-state index in [2.05, 4.69) is 0 Å². The monoisotopic (exact) mass is 511 g/mol. The summed E-state index contributed by atoms with van der Waals surface area (Å²) in [6.07, 6.45) is 4.00. The number of carbonyl (C=O) groups excluding carboxylic acids is 4. The lowest BCUT2D eigenvalue weighted by atomic mass is 9.47. The Hall–Kier alpha value is -4.00. The minimum absolute atomic E-state index is 0.0369. The molecule has 6 atom stereocenters. The summed E-state index contributed by atoms with van der Waals surface area (Å²) in [7, 11) is 1.50. The number of nitrogens with zero attached hydrogens (tertiary/aromatic N) is 1. The molecule has 1 saturated heterocycles. The van der Waals surface area contributed by atoms with E-state index in [-0.39, 0.29) is 35.6 Å². The second kappa shape index (κ2) is 8.51. The summed E-state index contributed by atoms with van der Waals surface area (Å²) in [6, 6.07) is 13.8. The second-order valence-electron chi connectivity index (χ2n) is 11.0. The summed E-state index contributed by atoms with van der Waals surface area (Å²) in [6.45, 7) is 3.45. The van der Waals surface area contributed by atoms with Crippen LogP contribution in [-0.4, -0.2) is 35.6 Å². The van der Waals surface area contributed by atoms with Gasteiger partial charge in [0.25, 0.3) is 0 Å². The number of ketones is 2. The van der Waals surface area contributed by atoms with Crippen LogP contribution in [0.5, 0.6) is 11.5 Å². The van der Waals surface area contributed by atoms with Gasteiger partial charge < -0.3 is 9.84 Å². The SMILES string of the molecule is COc1cccc(O)c1[C@H]1C2=CC[C@@H]3C(=O)N(c4ccccc4)C(=O)[C@@H]3[C@@H]2C[C@H]2C(=O)C=C(C)C(=O)[C@@]12C. The van der Waals surface area contributed by atoms with Crippen molar-refractivity contribution in [2.75, 3.05) is 12.0 Å². The van der Waals surface area contributed by atoms with Crippen LogP contribution in [0, 0.1) is 29.1 Å². The third-order valence-electron chi connectivity index (χ3n) is 9.21. The normalized spacial score (nSPS) is 32.3. The first kappa shape index (κ1) is 24.3. The zero-order valence-corrected chi connectivity index (χ0v) is 21.5. The van der Waals surface area contributed by atoms with Crippen molar-refractivity contribution in [2.45, 2.75) is 32.6 Å². The van der Waals surface area contributed by atoms with Gasteiger partial charge in [-0.25, -0.2) is 0 Å². The van der Waals surface area contributed by atoms with E-state index in [0.717, 1.165) is 5.57 Å². The van der Waals surface area contributed by atoms with E-state index in [9.17, 15) is 24.3 Å². The zero-order chi connectivity index (χ0) is 26.9. The van der Waals surface area contributed by atoms with E-state index in [0.29, 0.717) is 29.0 Å². The number of benzene rings is 2. The number of allylic oxidation sites excluding steroid dienone is 4. The van der Waals surface area contributed by atoms with E-state index in [1.54, 1.807) is 56.3 Å². The van der Waals surface area contributed by atoms with Gasteiger partial charge in [-0.15, -0.1) is 0 Å². The van der Waals surface area contributed by atoms with Crippen LogP contribution in [-0.2, 0) is 19.2 Å². The second-order valence-corrected chi connectivity index (χ2v) is 11.0. The summed E-state index contributed by atoms with van der Waals surface area (Å²) >= 11 is 0. The number of methoxy groups -OCH3 is 1. The molecule has 2 amide bonds. The van der Waals surface area contributed by atoms with Crippen LogP contribution in [0.25, 0.3) is 0 Å². The number of Topliss-reactive ketones (excluding diaryl/α,β-unsaturated/α-hetero) is 1. The minimum atomic E-state index is -1.18. The standard InChI is InChI=1S/C31H29NO6/c1-16-14-23(34)21-15-20-18(27(31(21,2)28(16)35)26-22(33)10-7-11-24(26)38-3)12-13-19-25(20)30(37)32(29(19)36)17-8-5-4-6-9-17/h4-12,14,19-21,25,27,33H,13,15H2,1-3H3/t19-,20+,21-,25-,27+,31+/m0/s1. The maximum absolute atomic E-state index is 13.9. The van der Waals surface area contributed by atoms with Crippen LogP contribution in [0.1, 0.15) is 38.2 Å². The average Bonchev–Trinajstić information content (AvgIpc) is 3.17. The number of anilines is 1. The van der Waals surface area contributed by atoms with Crippen molar-refractivity contribution >= 4 is 29.1 Å². The van der Waals surface area contributed by atoms with Crippen LogP contribution in [0.4, 0.5) is 5.69 Å². The van der Waals surface area contributed by atoms with E-state index in [4.69, 9.17) is 4.74 Å². The maximum Gasteiger partial charge on any atom is 0.238 e. The van der Waals surface area contributed by atoms with Crippen molar-refractivity contribution in [1.82, 2.24) is 0 Å². The van der Waals surface area contributed by atoms with Gasteiger partial charge in [0.2, 0.25) is 11.8 Å². The summed E-state index contributed by atoms with van der Waals surface area (Å²) < 4.78 is 5.65. The van der Waals surface area contributed by atoms with Gasteiger partial charge >= 0.3 is 0 Å². The number of hydrogen-bond donors (Lipinski definition) is 1. The fourth-order valence-corrected chi connectivity index (χ4v) is 7.54. The van der Waals surface area contributed by atoms with Crippen molar-refractivity contribution in [3.05, 3.63) is 77.4 Å². The number of para-hydroxylation sites is 1. The molecule has 0 aromatic heterocycles. The Balaban J connectivity index is 1.55. The molecule has 0 spiro atoms. The first-order valence-corrected chi connectivity index (χ1v) is 13.0. The molecule has 2 aromatic rings. The van der Waals surface area contributed by atoms with Gasteiger partial charge in [0.15, 0.2) is 11.6 Å². The molecule has 6 rings (SSSR count). The number of amides is 2. The fourth-order valence-electron chi connectivity index (χ4n) is 7.54. The van der Waals surface area contributed by atoms with Crippen molar-refractivity contribution in [1.29, 1.82) is 0 Å². The Morgan fingerprint density at radius 3 is 2.42 bits per heavy atom. The number of hydrogen-bond acceptors (Lipinski definition) is 6. The lowest BCUT2D eigenvalue weighted by Gasteiger charge is -2.53. The Kier molecular flexibility index (Phi) is 5.45. The third-order valence-corrected chi connectivity index (χ3v) is 9.21. The smallest absolute Gasteiger partial charge is 0.238 e. The summed E-state index contributed by atoms with van der Waals surface area (Å²) in [4.78, 5) is 56.1. The van der Waals surface area contributed by atoms with E-state index in [1.165, 1.54) is 18.1 Å². The molecule has 4 aliphatic rings. The molecule has 0 unspecified atom stereocenters. The predicted molar refractivity (Wildman–Crippen MR) is 139 cm³/mol. The van der Waals surface area contributed by atoms with Crippen molar-refractivity contribution in [3.8, 4) is 11.5 Å². The number of rotatable bonds is 3. The molecule has 7 nitrogen and oxygen atoms in total. The Morgan fingerprint density at radius 1 is 0.974 bits per heavy atom. The summed E-state index contributed by atoms with van der Waals surface area (Å²) in [5, 5.41) is 11.1. The fraction of sp³-hybridized carbons (Fsp3) is 0.355. The number of imide groups is 1. The number of carbonyl (C=O) groups is 4. The van der Waals surface area contributed by atoms with E-state index < -0.39 is 35.0 Å². The molecule has 3 aliphatic carbocycles. The molecule has 1 N–H and O–H groups in total. The third kappa shape index (κ3) is 3.14. The molecule has 1 saturated carbocycles. The highest BCUT2D eigenvalue weighted by Crippen LogP contribution is 2.64. The molecule has 0 bridgehead atoms. The Morgan fingerprint density at radius 2 is 1.71 bits per heavy atom. The van der Waals surface area contributed by atoms with Crippen molar-refractivity contribution in [2.24, 2.45) is 29.1 Å². The van der Waals surface area contributed by atoms with Crippen LogP contribution in [0.3, 0.4) is 0 Å². The molecule has 0 radical (unpaired) electrons. The van der Waals surface area contributed by atoms with Crippen LogP contribution in [0.15, 0.2) is 71.8 Å². The largest absolute Gasteiger partial charge is 0.508 e. The molecule has 1 heterocycles. The highest BCUT2D eigenvalue weighted by atomic mass is 16.5. The molecule has 2 fully saturated rings. The lowest BCUT2D eigenvalue weighted by Crippen LogP contribution is -2.54. The number of fused-ring (bicyclic) bond motifs is 4. The Labute approximate surface area is 220 Å². The molecule has 1 aliphatic heterocycles. The lowest BCUT2D eigenvalue weighted by molar-refractivity contribution is -0.141. The van der Waals surface area contributed by atoms with Crippen LogP contribution >= 0.6 is 0 Å². The highest BCUT2D eigenvalue weighted by Gasteiger charge is 2.64. The molecule has 194 valence electrons. The zero-order valence-electron chi connectivity index (χ0n) is 21.5. The number of ether oxygens (including phenoxy) is 1. The molecule has 38 heavy (non-hydrogen) atoms. The van der Waals surface area contributed by atoms with E-state index >= 15 is 0 Å². The molecule has 2 aromatic carbocycles. The quantitative estimate of drug-likeness (QED) is 0.485. The van der Waals surface area contributed by atoms with Crippen LogP contribution in [0.2, 0.25) is 0 Å². The van der Waals surface area contributed by atoms with E-state index in [1.807, 2.05) is 12.1 Å². The minimum Gasteiger partial charge on any atom is -0.508 e. The number of phenolic OH excluding ortho intramolecular Hbond substituents is 1. The van der Waals surface area contributed by atoms with Crippen molar-refractivity contribution in [3.63, 3.8) is 0 Å². The molecular formula is C31H29NO6. The van der Waals surface area contributed by atoms with Gasteiger partial charge in [0.05, 0.1) is 30.0 Å². The van der Waals surface area contributed by atoms with Gasteiger partial charge in [-0.2, -0.15) is 0 Å².